The van der Waals surface area contributed by atoms with Crippen LogP contribution in [-0.4, -0.2) is 51.9 Å². The molecule has 6 nitrogen and oxygen atoms in total. The Morgan fingerprint density at radius 2 is 1.91 bits per heavy atom. The van der Waals surface area contributed by atoms with Gasteiger partial charge < -0.3 is 10.2 Å². The number of carbonyl (C=O) groups excluding carboxylic acids is 1. The average molecular weight is 337 g/mol. The summed E-state index contributed by atoms with van der Waals surface area (Å²) in [7, 11) is -1.49. The Morgan fingerprint density at radius 1 is 1.30 bits per heavy atom. The third-order valence-corrected chi connectivity index (χ3v) is 5.34. The van der Waals surface area contributed by atoms with Crippen molar-refractivity contribution in [2.45, 2.75) is 23.8 Å². The van der Waals surface area contributed by atoms with Crippen LogP contribution in [0, 0.1) is 0 Å². The van der Waals surface area contributed by atoms with Crippen molar-refractivity contribution in [3.63, 3.8) is 0 Å². The van der Waals surface area contributed by atoms with Crippen LogP contribution >= 0.6 is 0 Å². The SMILES string of the molecule is C=CCNS(=O)(=O)c1ccc(C(=O)NC2CCN(C)CC2)cc1. The fourth-order valence-corrected chi connectivity index (χ4v) is 3.46. The Kier molecular flexibility index (Phi) is 5.92. The van der Waals surface area contributed by atoms with Crippen molar-refractivity contribution in [1.29, 1.82) is 0 Å². The second-order valence-corrected chi connectivity index (χ2v) is 7.48. The quantitative estimate of drug-likeness (QED) is 0.759. The molecule has 1 fully saturated rings. The van der Waals surface area contributed by atoms with Crippen LogP contribution in [0.5, 0.6) is 0 Å². The normalized spacial score (nSPS) is 16.9. The van der Waals surface area contributed by atoms with E-state index in [0.717, 1.165) is 25.9 Å². The lowest BCUT2D eigenvalue weighted by Gasteiger charge is -2.29. The molecule has 0 aromatic heterocycles. The maximum absolute atomic E-state index is 12.2. The lowest BCUT2D eigenvalue weighted by molar-refractivity contribution is 0.0917. The Balaban J connectivity index is 1.98. The zero-order valence-electron chi connectivity index (χ0n) is 13.3. The number of hydrogen-bond donors (Lipinski definition) is 2. The first kappa shape index (κ1) is 17.7. The minimum absolute atomic E-state index is 0.134. The number of nitrogens with zero attached hydrogens (tertiary/aromatic N) is 1. The van der Waals surface area contributed by atoms with Crippen LogP contribution in [0.3, 0.4) is 0 Å². The highest BCUT2D eigenvalue weighted by molar-refractivity contribution is 7.89. The highest BCUT2D eigenvalue weighted by atomic mass is 32.2. The summed E-state index contributed by atoms with van der Waals surface area (Å²) in [6, 6.07) is 6.13. The van der Waals surface area contributed by atoms with Crippen LogP contribution in [0.4, 0.5) is 0 Å². The molecule has 0 radical (unpaired) electrons. The lowest BCUT2D eigenvalue weighted by Crippen LogP contribution is -2.43. The molecule has 1 aromatic carbocycles. The third kappa shape index (κ3) is 4.89. The molecule has 7 heteroatoms. The fraction of sp³-hybridized carbons (Fsp3) is 0.438. The van der Waals surface area contributed by atoms with Crippen LogP contribution in [0.1, 0.15) is 23.2 Å². The Hall–Kier alpha value is -1.70. The number of piperidine rings is 1. The zero-order chi connectivity index (χ0) is 16.9. The fourth-order valence-electron chi connectivity index (χ4n) is 2.46. The van der Waals surface area contributed by atoms with Crippen molar-refractivity contribution in [2.24, 2.45) is 0 Å². The molecule has 1 saturated heterocycles. The number of amides is 1. The van der Waals surface area contributed by atoms with Crippen LogP contribution in [-0.2, 0) is 10.0 Å². The molecule has 1 amide bonds. The molecule has 0 aliphatic carbocycles. The van der Waals surface area contributed by atoms with E-state index in [1.54, 1.807) is 0 Å². The number of carbonyl (C=O) groups is 1. The van der Waals surface area contributed by atoms with E-state index in [9.17, 15) is 13.2 Å². The molecule has 2 N–H and O–H groups in total. The van der Waals surface area contributed by atoms with Gasteiger partial charge >= 0.3 is 0 Å². The highest BCUT2D eigenvalue weighted by Gasteiger charge is 2.19. The molecular weight excluding hydrogens is 314 g/mol. The molecule has 0 saturated carbocycles. The van der Waals surface area contributed by atoms with Crippen molar-refractivity contribution in [3.8, 4) is 0 Å². The molecule has 0 bridgehead atoms. The van der Waals surface area contributed by atoms with Crippen LogP contribution < -0.4 is 10.0 Å². The van der Waals surface area contributed by atoms with E-state index in [4.69, 9.17) is 0 Å². The van der Waals surface area contributed by atoms with E-state index in [-0.39, 0.29) is 23.4 Å². The molecule has 126 valence electrons. The smallest absolute Gasteiger partial charge is 0.251 e. The number of sulfonamides is 1. The van der Waals surface area contributed by atoms with E-state index >= 15 is 0 Å². The predicted octanol–water partition coefficient (Wildman–Crippen LogP) is 0.975. The van der Waals surface area contributed by atoms with Gasteiger partial charge in [0.05, 0.1) is 4.90 Å². The maximum Gasteiger partial charge on any atom is 0.251 e. The first-order valence-corrected chi connectivity index (χ1v) is 9.11. The van der Waals surface area contributed by atoms with Crippen molar-refractivity contribution < 1.29 is 13.2 Å². The van der Waals surface area contributed by atoms with Crippen molar-refractivity contribution >= 4 is 15.9 Å². The number of hydrogen-bond acceptors (Lipinski definition) is 4. The molecule has 2 rings (SSSR count). The van der Waals surface area contributed by atoms with Gasteiger partial charge in [0, 0.05) is 18.2 Å². The molecule has 0 atom stereocenters. The van der Waals surface area contributed by atoms with Gasteiger partial charge in [0.1, 0.15) is 0 Å². The number of benzene rings is 1. The molecule has 0 unspecified atom stereocenters. The monoisotopic (exact) mass is 337 g/mol. The second kappa shape index (κ2) is 7.72. The topological polar surface area (TPSA) is 78.5 Å². The van der Waals surface area contributed by atoms with Gasteiger partial charge in [0.2, 0.25) is 10.0 Å². The first-order valence-electron chi connectivity index (χ1n) is 7.62. The molecule has 1 aromatic rings. The standard InChI is InChI=1S/C16H23N3O3S/c1-3-10-17-23(21,22)15-6-4-13(5-7-15)16(20)18-14-8-11-19(2)12-9-14/h3-7,14,17H,1,8-12H2,2H3,(H,18,20). The van der Waals surface area contributed by atoms with Gasteiger partial charge in [-0.15, -0.1) is 6.58 Å². The summed E-state index contributed by atoms with van der Waals surface area (Å²) >= 11 is 0. The largest absolute Gasteiger partial charge is 0.349 e. The van der Waals surface area contributed by atoms with Gasteiger partial charge in [-0.25, -0.2) is 13.1 Å². The summed E-state index contributed by atoms with van der Waals surface area (Å²) < 4.78 is 26.3. The first-order chi connectivity index (χ1) is 10.9. The molecule has 1 heterocycles. The molecular formula is C16H23N3O3S. The summed E-state index contributed by atoms with van der Waals surface area (Å²) in [4.78, 5) is 14.6. The Morgan fingerprint density at radius 3 is 2.48 bits per heavy atom. The van der Waals surface area contributed by atoms with Crippen LogP contribution in [0.2, 0.25) is 0 Å². The van der Waals surface area contributed by atoms with Crippen molar-refractivity contribution in [1.82, 2.24) is 14.9 Å². The summed E-state index contributed by atoms with van der Waals surface area (Å²) in [5, 5.41) is 3.00. The molecule has 0 spiro atoms. The minimum Gasteiger partial charge on any atom is -0.349 e. The average Bonchev–Trinajstić information content (AvgIpc) is 2.55. The lowest BCUT2D eigenvalue weighted by atomic mass is 10.0. The maximum atomic E-state index is 12.2. The van der Waals surface area contributed by atoms with Crippen LogP contribution in [0.15, 0.2) is 41.8 Å². The molecule has 1 aliphatic rings. The molecule has 1 aliphatic heterocycles. The van der Waals surface area contributed by atoms with Gasteiger partial charge in [-0.05, 0) is 57.2 Å². The van der Waals surface area contributed by atoms with Gasteiger partial charge in [-0.1, -0.05) is 6.08 Å². The van der Waals surface area contributed by atoms with Gasteiger partial charge in [-0.3, -0.25) is 4.79 Å². The van der Waals surface area contributed by atoms with E-state index in [1.165, 1.54) is 30.3 Å². The minimum atomic E-state index is -3.56. The Bertz CT molecular complexity index is 648. The summed E-state index contributed by atoms with van der Waals surface area (Å²) in [5.41, 5.74) is 0.464. The predicted molar refractivity (Wildman–Crippen MR) is 89.8 cm³/mol. The van der Waals surface area contributed by atoms with E-state index in [1.807, 2.05) is 0 Å². The summed E-state index contributed by atoms with van der Waals surface area (Å²) in [5.74, 6) is -0.164. The van der Waals surface area contributed by atoms with Gasteiger partial charge in [0.15, 0.2) is 0 Å². The zero-order valence-corrected chi connectivity index (χ0v) is 14.1. The van der Waals surface area contributed by atoms with E-state index in [0.29, 0.717) is 5.56 Å². The van der Waals surface area contributed by atoms with Crippen molar-refractivity contribution in [2.75, 3.05) is 26.7 Å². The third-order valence-electron chi connectivity index (χ3n) is 3.90. The second-order valence-electron chi connectivity index (χ2n) is 5.72. The highest BCUT2D eigenvalue weighted by Crippen LogP contribution is 2.12. The van der Waals surface area contributed by atoms with Gasteiger partial charge in [0.25, 0.3) is 5.91 Å². The summed E-state index contributed by atoms with van der Waals surface area (Å²) in [6.07, 6.45) is 3.33. The van der Waals surface area contributed by atoms with Crippen LogP contribution in [0.25, 0.3) is 0 Å². The Labute approximate surface area is 137 Å². The molecule has 23 heavy (non-hydrogen) atoms. The summed E-state index contributed by atoms with van der Waals surface area (Å²) in [6.45, 7) is 5.58. The number of likely N-dealkylation sites (tertiary alicyclic amines) is 1. The van der Waals surface area contributed by atoms with E-state index in [2.05, 4.69) is 28.6 Å². The number of rotatable bonds is 6. The number of nitrogens with one attached hydrogen (secondary N) is 2. The van der Waals surface area contributed by atoms with Gasteiger partial charge in [-0.2, -0.15) is 0 Å². The van der Waals surface area contributed by atoms with E-state index < -0.39 is 10.0 Å². The van der Waals surface area contributed by atoms with Crippen molar-refractivity contribution in [3.05, 3.63) is 42.5 Å².